The topological polar surface area (TPSA) is 61.3 Å². The molecule has 0 aromatic carbocycles. The second kappa shape index (κ2) is 3.81. The fraction of sp³-hybridized carbons (Fsp3) is 0.222. The summed E-state index contributed by atoms with van der Waals surface area (Å²) in [6.07, 6.45) is 3.39. The van der Waals surface area contributed by atoms with Gasteiger partial charge < -0.3 is 14.9 Å². The van der Waals surface area contributed by atoms with Crippen molar-refractivity contribution in [3.63, 3.8) is 0 Å². The van der Waals surface area contributed by atoms with Gasteiger partial charge in [-0.3, -0.25) is 0 Å². The molecule has 0 saturated heterocycles. The van der Waals surface area contributed by atoms with E-state index in [9.17, 15) is 0 Å². The number of methoxy groups -OCH3 is 1. The summed E-state index contributed by atoms with van der Waals surface area (Å²) in [4.78, 5) is 5.09. The summed E-state index contributed by atoms with van der Waals surface area (Å²) in [5, 5.41) is 0.643. The van der Waals surface area contributed by atoms with E-state index >= 15 is 0 Å². The Labute approximate surface area is 85.3 Å². The van der Waals surface area contributed by atoms with Gasteiger partial charge in [0.15, 0.2) is 0 Å². The highest BCUT2D eigenvalue weighted by atomic mass is 32.1. The van der Waals surface area contributed by atoms with E-state index in [4.69, 9.17) is 14.9 Å². The van der Waals surface area contributed by atoms with Gasteiger partial charge in [0.2, 0.25) is 0 Å². The molecule has 4 nitrogen and oxygen atoms in total. The summed E-state index contributed by atoms with van der Waals surface area (Å²) in [7, 11) is 1.60. The monoisotopic (exact) mass is 210 g/mol. The Bertz CT molecular complexity index is 422. The number of ether oxygens (including phenoxy) is 1. The summed E-state index contributed by atoms with van der Waals surface area (Å²) in [5.74, 6) is 0.774. The van der Waals surface area contributed by atoms with Crippen LogP contribution >= 0.6 is 11.3 Å². The van der Waals surface area contributed by atoms with Crippen molar-refractivity contribution in [2.45, 2.75) is 6.54 Å². The molecule has 0 bridgehead atoms. The summed E-state index contributed by atoms with van der Waals surface area (Å²) >= 11 is 1.47. The van der Waals surface area contributed by atoms with Crippen molar-refractivity contribution in [2.75, 3.05) is 7.11 Å². The Morgan fingerprint density at radius 1 is 1.64 bits per heavy atom. The molecule has 0 amide bonds. The first-order chi connectivity index (χ1) is 6.85. The number of aromatic nitrogens is 1. The molecule has 0 spiro atoms. The molecule has 0 atom stereocenters. The standard InChI is InChI=1S/C9H10N2O2S/c1-12-9-11-5-8(14-9)6-2-3-13-7(6)4-10/h2-3,5H,4,10H2,1H3. The number of nitrogens with zero attached hydrogens (tertiary/aromatic N) is 1. The van der Waals surface area contributed by atoms with Crippen molar-refractivity contribution < 1.29 is 9.15 Å². The van der Waals surface area contributed by atoms with Crippen molar-refractivity contribution in [3.05, 3.63) is 24.3 Å². The first kappa shape index (κ1) is 9.23. The Morgan fingerprint density at radius 2 is 2.50 bits per heavy atom. The molecule has 2 aromatic rings. The fourth-order valence-electron chi connectivity index (χ4n) is 1.20. The van der Waals surface area contributed by atoms with E-state index in [0.717, 1.165) is 16.2 Å². The molecule has 14 heavy (non-hydrogen) atoms. The van der Waals surface area contributed by atoms with Gasteiger partial charge in [0.25, 0.3) is 5.19 Å². The number of thiazole rings is 1. The van der Waals surface area contributed by atoms with Crippen molar-refractivity contribution in [1.29, 1.82) is 0 Å². The lowest BCUT2D eigenvalue weighted by atomic mass is 10.2. The Morgan fingerprint density at radius 3 is 3.14 bits per heavy atom. The summed E-state index contributed by atoms with van der Waals surface area (Å²) < 4.78 is 10.2. The molecule has 2 N–H and O–H groups in total. The van der Waals surface area contributed by atoms with Crippen molar-refractivity contribution >= 4 is 11.3 Å². The molecular formula is C9H10N2O2S. The van der Waals surface area contributed by atoms with E-state index in [1.54, 1.807) is 19.6 Å². The van der Waals surface area contributed by atoms with Crippen LogP contribution < -0.4 is 10.5 Å². The molecule has 0 unspecified atom stereocenters. The molecule has 2 rings (SSSR count). The van der Waals surface area contributed by atoms with Crippen LogP contribution in [0.25, 0.3) is 10.4 Å². The molecule has 0 aliphatic rings. The third kappa shape index (κ3) is 1.51. The van der Waals surface area contributed by atoms with E-state index in [-0.39, 0.29) is 0 Å². The van der Waals surface area contributed by atoms with Gasteiger partial charge in [0, 0.05) is 11.8 Å². The van der Waals surface area contributed by atoms with Gasteiger partial charge in [-0.05, 0) is 6.07 Å². The largest absolute Gasteiger partial charge is 0.473 e. The zero-order valence-corrected chi connectivity index (χ0v) is 8.50. The maximum absolute atomic E-state index is 5.53. The summed E-state index contributed by atoms with van der Waals surface area (Å²) in [6.45, 7) is 0.391. The lowest BCUT2D eigenvalue weighted by molar-refractivity contribution is 0.412. The van der Waals surface area contributed by atoms with Gasteiger partial charge in [0.05, 0.1) is 24.8 Å². The highest BCUT2D eigenvalue weighted by Crippen LogP contribution is 2.32. The molecule has 5 heteroatoms. The van der Waals surface area contributed by atoms with Gasteiger partial charge >= 0.3 is 0 Å². The van der Waals surface area contributed by atoms with Crippen LogP contribution in [-0.2, 0) is 6.54 Å². The number of hydrogen-bond donors (Lipinski definition) is 1. The quantitative estimate of drug-likeness (QED) is 0.840. The number of furan rings is 1. The first-order valence-corrected chi connectivity index (χ1v) is 4.93. The second-order valence-electron chi connectivity index (χ2n) is 2.66. The van der Waals surface area contributed by atoms with Crippen LogP contribution in [0.2, 0.25) is 0 Å². The third-order valence-corrected chi connectivity index (χ3v) is 2.85. The van der Waals surface area contributed by atoms with Gasteiger partial charge in [-0.1, -0.05) is 11.3 Å². The minimum atomic E-state index is 0.391. The summed E-state index contributed by atoms with van der Waals surface area (Å²) in [6, 6.07) is 1.88. The van der Waals surface area contributed by atoms with Crippen LogP contribution in [0, 0.1) is 0 Å². The minimum Gasteiger partial charge on any atom is -0.473 e. The van der Waals surface area contributed by atoms with Crippen LogP contribution in [0.15, 0.2) is 22.9 Å². The van der Waals surface area contributed by atoms with Crippen LogP contribution in [-0.4, -0.2) is 12.1 Å². The lowest BCUT2D eigenvalue weighted by Crippen LogP contribution is -1.95. The zero-order chi connectivity index (χ0) is 9.97. The second-order valence-corrected chi connectivity index (χ2v) is 3.65. The Balaban J connectivity index is 2.38. The zero-order valence-electron chi connectivity index (χ0n) is 7.69. The Kier molecular flexibility index (Phi) is 2.51. The van der Waals surface area contributed by atoms with Crippen LogP contribution in [0.1, 0.15) is 5.76 Å². The average Bonchev–Trinajstić information content (AvgIpc) is 2.85. The van der Waals surface area contributed by atoms with E-state index in [0.29, 0.717) is 11.7 Å². The van der Waals surface area contributed by atoms with Gasteiger partial charge in [-0.15, -0.1) is 0 Å². The average molecular weight is 210 g/mol. The number of nitrogens with two attached hydrogens (primary N) is 1. The lowest BCUT2D eigenvalue weighted by Gasteiger charge is -1.94. The number of rotatable bonds is 3. The maximum Gasteiger partial charge on any atom is 0.273 e. The van der Waals surface area contributed by atoms with Gasteiger partial charge in [-0.25, -0.2) is 4.98 Å². The number of hydrogen-bond acceptors (Lipinski definition) is 5. The van der Waals surface area contributed by atoms with E-state index in [1.807, 2.05) is 6.07 Å². The van der Waals surface area contributed by atoms with Crippen molar-refractivity contribution in [3.8, 4) is 15.6 Å². The normalized spacial score (nSPS) is 10.4. The highest BCUT2D eigenvalue weighted by molar-refractivity contribution is 7.16. The van der Waals surface area contributed by atoms with E-state index in [1.165, 1.54) is 11.3 Å². The molecule has 2 aromatic heterocycles. The fourth-order valence-corrected chi connectivity index (χ4v) is 1.97. The molecule has 0 radical (unpaired) electrons. The molecule has 2 heterocycles. The minimum absolute atomic E-state index is 0.391. The smallest absolute Gasteiger partial charge is 0.273 e. The van der Waals surface area contributed by atoms with Crippen LogP contribution in [0.3, 0.4) is 0 Å². The SMILES string of the molecule is COc1ncc(-c2ccoc2CN)s1. The van der Waals surface area contributed by atoms with Gasteiger partial charge in [0.1, 0.15) is 5.76 Å². The van der Waals surface area contributed by atoms with Crippen molar-refractivity contribution in [1.82, 2.24) is 4.98 Å². The molecule has 74 valence electrons. The molecule has 0 saturated carbocycles. The molecule has 0 aliphatic heterocycles. The molecular weight excluding hydrogens is 200 g/mol. The first-order valence-electron chi connectivity index (χ1n) is 4.11. The molecule has 0 fully saturated rings. The van der Waals surface area contributed by atoms with Crippen LogP contribution in [0.5, 0.6) is 5.19 Å². The van der Waals surface area contributed by atoms with E-state index in [2.05, 4.69) is 4.98 Å². The third-order valence-electron chi connectivity index (χ3n) is 1.86. The van der Waals surface area contributed by atoms with Crippen LogP contribution in [0.4, 0.5) is 0 Å². The predicted molar refractivity (Wildman–Crippen MR) is 54.3 cm³/mol. The molecule has 0 aliphatic carbocycles. The Hall–Kier alpha value is -1.33. The summed E-state index contributed by atoms with van der Waals surface area (Å²) in [5.41, 5.74) is 6.52. The maximum atomic E-state index is 5.53. The van der Waals surface area contributed by atoms with Crippen molar-refractivity contribution in [2.24, 2.45) is 5.73 Å². The van der Waals surface area contributed by atoms with E-state index < -0.39 is 0 Å². The predicted octanol–water partition coefficient (Wildman–Crippen LogP) is 1.87. The highest BCUT2D eigenvalue weighted by Gasteiger charge is 2.10. The van der Waals surface area contributed by atoms with Gasteiger partial charge in [-0.2, -0.15) is 0 Å².